The highest BCUT2D eigenvalue weighted by atomic mass is 16.5. The van der Waals surface area contributed by atoms with Crippen molar-refractivity contribution in [1.29, 1.82) is 0 Å². The molecule has 0 bridgehead atoms. The molecule has 1 atom stereocenters. The molecule has 1 aliphatic heterocycles. The Labute approximate surface area is 114 Å². The summed E-state index contributed by atoms with van der Waals surface area (Å²) in [6.07, 6.45) is 3.21. The molecule has 1 aromatic heterocycles. The van der Waals surface area contributed by atoms with Crippen LogP contribution in [-0.2, 0) is 4.74 Å². The molecule has 0 saturated carbocycles. The van der Waals surface area contributed by atoms with Gasteiger partial charge in [0.15, 0.2) is 0 Å². The molecule has 0 radical (unpaired) electrons. The van der Waals surface area contributed by atoms with E-state index in [0.29, 0.717) is 25.1 Å². The summed E-state index contributed by atoms with van der Waals surface area (Å²) in [4.78, 5) is 21.4. The van der Waals surface area contributed by atoms with Crippen molar-refractivity contribution in [2.45, 2.75) is 39.0 Å². The fourth-order valence-corrected chi connectivity index (χ4v) is 2.51. The van der Waals surface area contributed by atoms with Crippen molar-refractivity contribution in [2.75, 3.05) is 31.2 Å². The van der Waals surface area contributed by atoms with Gasteiger partial charge in [0.05, 0.1) is 18.9 Å². The summed E-state index contributed by atoms with van der Waals surface area (Å²) in [6.45, 7) is 7.28. The Morgan fingerprint density at radius 1 is 1.42 bits per heavy atom. The summed E-state index contributed by atoms with van der Waals surface area (Å²) in [7, 11) is 0. The molecule has 1 fully saturated rings. The van der Waals surface area contributed by atoms with Gasteiger partial charge >= 0.3 is 0 Å². The second kappa shape index (κ2) is 6.70. The molecule has 1 saturated heterocycles. The van der Waals surface area contributed by atoms with Crippen LogP contribution in [0.25, 0.3) is 0 Å². The lowest BCUT2D eigenvalue weighted by molar-refractivity contribution is 0.122. The van der Waals surface area contributed by atoms with E-state index in [1.54, 1.807) is 6.07 Å². The number of H-pyrrole nitrogens is 1. The summed E-state index contributed by atoms with van der Waals surface area (Å²) >= 11 is 0. The van der Waals surface area contributed by atoms with E-state index >= 15 is 0 Å². The molecule has 1 unspecified atom stereocenters. The van der Waals surface area contributed by atoms with Crippen LogP contribution in [0.5, 0.6) is 0 Å². The minimum Gasteiger partial charge on any atom is -0.378 e. The monoisotopic (exact) mass is 265 g/mol. The smallest absolute Gasteiger partial charge is 0.252 e. The van der Waals surface area contributed by atoms with Crippen molar-refractivity contribution < 1.29 is 4.74 Å². The molecule has 0 spiro atoms. The fourth-order valence-electron chi connectivity index (χ4n) is 2.51. The van der Waals surface area contributed by atoms with Crippen molar-refractivity contribution in [3.05, 3.63) is 22.1 Å². The summed E-state index contributed by atoms with van der Waals surface area (Å²) in [6, 6.07) is 1.65. The maximum Gasteiger partial charge on any atom is 0.252 e. The Bertz CT molecular complexity index is 426. The third-order valence-electron chi connectivity index (χ3n) is 3.61. The molecule has 19 heavy (non-hydrogen) atoms. The van der Waals surface area contributed by atoms with Gasteiger partial charge in [0, 0.05) is 25.1 Å². The van der Waals surface area contributed by atoms with Crippen molar-refractivity contribution >= 4 is 5.95 Å². The largest absolute Gasteiger partial charge is 0.378 e. The van der Waals surface area contributed by atoms with Crippen LogP contribution >= 0.6 is 0 Å². The van der Waals surface area contributed by atoms with Crippen LogP contribution in [0.3, 0.4) is 0 Å². The molecular formula is C14H23N3O2. The molecule has 2 rings (SSSR count). The highest BCUT2D eigenvalue weighted by molar-refractivity contribution is 5.31. The number of aromatic nitrogens is 2. The number of aromatic amines is 1. The highest BCUT2D eigenvalue weighted by Gasteiger charge is 2.17. The van der Waals surface area contributed by atoms with Gasteiger partial charge in [-0.1, -0.05) is 20.3 Å². The van der Waals surface area contributed by atoms with E-state index in [2.05, 4.69) is 28.7 Å². The maximum absolute atomic E-state index is 11.8. The number of morpholine rings is 1. The van der Waals surface area contributed by atoms with Gasteiger partial charge in [0.2, 0.25) is 5.95 Å². The number of hydrogen-bond donors (Lipinski definition) is 1. The first-order valence-corrected chi connectivity index (χ1v) is 7.18. The Morgan fingerprint density at radius 2 is 2.16 bits per heavy atom. The highest BCUT2D eigenvalue weighted by Crippen LogP contribution is 2.23. The minimum atomic E-state index is -0.0546. The number of nitrogens with zero attached hydrogens (tertiary/aromatic N) is 2. The zero-order valence-electron chi connectivity index (χ0n) is 11.8. The molecule has 106 valence electrons. The average Bonchev–Trinajstić information content (AvgIpc) is 2.45. The van der Waals surface area contributed by atoms with Crippen LogP contribution < -0.4 is 10.5 Å². The Hall–Kier alpha value is -1.36. The number of hydrogen-bond acceptors (Lipinski definition) is 4. The van der Waals surface area contributed by atoms with E-state index in [0.717, 1.165) is 38.0 Å². The average molecular weight is 265 g/mol. The zero-order valence-corrected chi connectivity index (χ0v) is 11.8. The topological polar surface area (TPSA) is 58.2 Å². The molecule has 0 aliphatic carbocycles. The molecule has 1 aliphatic rings. The van der Waals surface area contributed by atoms with E-state index in [1.165, 1.54) is 0 Å². The molecule has 2 heterocycles. The Balaban J connectivity index is 2.25. The molecular weight excluding hydrogens is 242 g/mol. The van der Waals surface area contributed by atoms with Crippen LogP contribution in [0.15, 0.2) is 10.9 Å². The molecule has 0 amide bonds. The van der Waals surface area contributed by atoms with Crippen LogP contribution in [0.2, 0.25) is 0 Å². The lowest BCUT2D eigenvalue weighted by Crippen LogP contribution is -2.38. The first-order valence-electron chi connectivity index (χ1n) is 7.18. The number of rotatable bonds is 5. The first-order chi connectivity index (χ1) is 9.24. The molecule has 5 heteroatoms. The third-order valence-corrected chi connectivity index (χ3v) is 3.61. The van der Waals surface area contributed by atoms with Crippen LogP contribution in [0, 0.1) is 0 Å². The SMILES string of the molecule is CCCC(CC)c1cc(=O)[nH]c(N2CCOCC2)n1. The van der Waals surface area contributed by atoms with Gasteiger partial charge in [-0.2, -0.15) is 0 Å². The van der Waals surface area contributed by atoms with Gasteiger partial charge in [-0.15, -0.1) is 0 Å². The summed E-state index contributed by atoms with van der Waals surface area (Å²) < 4.78 is 5.33. The van der Waals surface area contributed by atoms with Crippen molar-refractivity contribution in [3.8, 4) is 0 Å². The van der Waals surface area contributed by atoms with Crippen LogP contribution in [-0.4, -0.2) is 36.3 Å². The Kier molecular flexibility index (Phi) is 4.96. The van der Waals surface area contributed by atoms with Crippen LogP contribution in [0.4, 0.5) is 5.95 Å². The Morgan fingerprint density at radius 3 is 2.79 bits per heavy atom. The maximum atomic E-state index is 11.8. The molecule has 0 aromatic carbocycles. The van der Waals surface area contributed by atoms with Crippen molar-refractivity contribution in [2.24, 2.45) is 0 Å². The standard InChI is InChI=1S/C14H23N3O2/c1-3-5-11(4-2)12-10-13(18)16-14(15-12)17-6-8-19-9-7-17/h10-11H,3-9H2,1-2H3,(H,15,16,18). The normalized spacial score (nSPS) is 17.5. The molecule has 1 N–H and O–H groups in total. The number of nitrogens with one attached hydrogen (secondary N) is 1. The lowest BCUT2D eigenvalue weighted by Gasteiger charge is -2.27. The number of ether oxygens (including phenoxy) is 1. The lowest BCUT2D eigenvalue weighted by atomic mass is 9.97. The van der Waals surface area contributed by atoms with Crippen LogP contribution in [0.1, 0.15) is 44.7 Å². The quantitative estimate of drug-likeness (QED) is 0.883. The first kappa shape index (κ1) is 14.1. The summed E-state index contributed by atoms with van der Waals surface area (Å²) in [5.41, 5.74) is 0.871. The molecule has 1 aromatic rings. The van der Waals surface area contributed by atoms with E-state index in [-0.39, 0.29) is 5.56 Å². The van der Waals surface area contributed by atoms with E-state index < -0.39 is 0 Å². The van der Waals surface area contributed by atoms with Gasteiger partial charge in [-0.3, -0.25) is 9.78 Å². The summed E-state index contributed by atoms with van der Waals surface area (Å²) in [5.74, 6) is 1.08. The summed E-state index contributed by atoms with van der Waals surface area (Å²) in [5, 5.41) is 0. The van der Waals surface area contributed by atoms with Crippen molar-refractivity contribution in [3.63, 3.8) is 0 Å². The second-order valence-electron chi connectivity index (χ2n) is 4.99. The third kappa shape index (κ3) is 3.56. The predicted octanol–water partition coefficient (Wildman–Crippen LogP) is 1.90. The van der Waals surface area contributed by atoms with E-state index in [9.17, 15) is 4.79 Å². The minimum absolute atomic E-state index is 0.0546. The van der Waals surface area contributed by atoms with E-state index in [1.807, 2.05) is 0 Å². The zero-order chi connectivity index (χ0) is 13.7. The van der Waals surface area contributed by atoms with E-state index in [4.69, 9.17) is 4.74 Å². The van der Waals surface area contributed by atoms with Gasteiger partial charge in [-0.05, 0) is 12.8 Å². The number of anilines is 1. The van der Waals surface area contributed by atoms with Gasteiger partial charge in [0.1, 0.15) is 0 Å². The van der Waals surface area contributed by atoms with Gasteiger partial charge < -0.3 is 9.64 Å². The van der Waals surface area contributed by atoms with Gasteiger partial charge in [-0.25, -0.2) is 4.98 Å². The van der Waals surface area contributed by atoms with Crippen molar-refractivity contribution in [1.82, 2.24) is 9.97 Å². The molecule has 5 nitrogen and oxygen atoms in total. The second-order valence-corrected chi connectivity index (χ2v) is 4.99. The fraction of sp³-hybridized carbons (Fsp3) is 0.714. The van der Waals surface area contributed by atoms with Gasteiger partial charge in [0.25, 0.3) is 5.56 Å². The predicted molar refractivity (Wildman–Crippen MR) is 75.8 cm³/mol.